The van der Waals surface area contributed by atoms with Gasteiger partial charge < -0.3 is 19.1 Å². The zero-order chi connectivity index (χ0) is 31.0. The minimum Gasteiger partial charge on any atom is -0.478 e. The van der Waals surface area contributed by atoms with E-state index in [1.165, 1.54) is 24.4 Å². The maximum atomic E-state index is 15.4. The number of aromatic nitrogens is 4. The van der Waals surface area contributed by atoms with Gasteiger partial charge in [-0.3, -0.25) is 0 Å². The van der Waals surface area contributed by atoms with Crippen molar-refractivity contribution in [2.24, 2.45) is 0 Å². The second kappa shape index (κ2) is 12.0. The molecule has 3 aromatic carbocycles. The van der Waals surface area contributed by atoms with Gasteiger partial charge in [0.15, 0.2) is 0 Å². The number of ether oxygens (including phenoxy) is 2. The number of fused-ring (bicyclic) bond motifs is 1. The van der Waals surface area contributed by atoms with Crippen LogP contribution in [0.5, 0.6) is 6.01 Å². The molecule has 5 aromatic rings. The third-order valence-corrected chi connectivity index (χ3v) is 7.33. The molecule has 1 saturated heterocycles. The van der Waals surface area contributed by atoms with Crippen molar-refractivity contribution in [3.8, 4) is 17.3 Å². The normalized spacial score (nSPS) is 14.6. The van der Waals surface area contributed by atoms with Crippen LogP contribution >= 0.6 is 0 Å². The van der Waals surface area contributed by atoms with Crippen molar-refractivity contribution in [3.05, 3.63) is 106 Å². The monoisotopic (exact) mass is 610 g/mol. The van der Waals surface area contributed by atoms with Crippen molar-refractivity contribution in [1.29, 1.82) is 0 Å². The van der Waals surface area contributed by atoms with Gasteiger partial charge in [-0.1, -0.05) is 12.1 Å². The van der Waals surface area contributed by atoms with Gasteiger partial charge in [0.2, 0.25) is 0 Å². The van der Waals surface area contributed by atoms with Gasteiger partial charge in [-0.25, -0.2) is 36.7 Å². The molecule has 0 saturated carbocycles. The van der Waals surface area contributed by atoms with Crippen LogP contribution in [0.25, 0.3) is 22.3 Å². The van der Waals surface area contributed by atoms with Crippen LogP contribution in [0.2, 0.25) is 0 Å². The summed E-state index contributed by atoms with van der Waals surface area (Å²) in [6.45, 7) is 0.603. The quantitative estimate of drug-likeness (QED) is 0.180. The van der Waals surface area contributed by atoms with Crippen LogP contribution in [0, 0.1) is 17.5 Å². The highest BCUT2D eigenvalue weighted by Gasteiger charge is 2.24. The van der Waals surface area contributed by atoms with E-state index >= 15 is 8.78 Å². The van der Waals surface area contributed by atoms with Crippen molar-refractivity contribution in [1.82, 2.24) is 19.5 Å². The Labute approximate surface area is 246 Å². The van der Waals surface area contributed by atoms with Crippen LogP contribution in [0.1, 0.15) is 45.7 Å². The molecule has 44 heavy (non-hydrogen) atoms. The molecular formula is C31H23F5N4O4. The van der Waals surface area contributed by atoms with Gasteiger partial charge >= 0.3 is 12.0 Å². The molecule has 1 fully saturated rings. The molecule has 0 unspecified atom stereocenters. The van der Waals surface area contributed by atoms with Crippen molar-refractivity contribution in [2.75, 3.05) is 6.61 Å². The molecule has 1 N–H and O–H groups in total. The van der Waals surface area contributed by atoms with Crippen molar-refractivity contribution in [3.63, 3.8) is 0 Å². The average Bonchev–Trinajstić information content (AvgIpc) is 3.31. The summed E-state index contributed by atoms with van der Waals surface area (Å²) in [7, 11) is 0. The number of hydrogen-bond acceptors (Lipinski definition) is 6. The second-order valence-corrected chi connectivity index (χ2v) is 10.2. The fraction of sp³-hybridized carbons (Fsp3) is 0.226. The van der Waals surface area contributed by atoms with Crippen molar-refractivity contribution < 1.29 is 41.3 Å². The predicted octanol–water partition coefficient (Wildman–Crippen LogP) is 6.51. The molecule has 3 heterocycles. The Morgan fingerprint density at radius 2 is 1.80 bits per heavy atom. The molecule has 0 spiro atoms. The van der Waals surface area contributed by atoms with Crippen LogP contribution < -0.4 is 4.74 Å². The molecule has 0 amide bonds. The van der Waals surface area contributed by atoms with Gasteiger partial charge in [-0.2, -0.15) is 4.98 Å². The number of carboxylic acid groups (broad SMARTS) is 1. The van der Waals surface area contributed by atoms with Crippen LogP contribution in [-0.2, 0) is 24.3 Å². The number of benzene rings is 3. The summed E-state index contributed by atoms with van der Waals surface area (Å²) < 4.78 is 83.3. The van der Waals surface area contributed by atoms with Gasteiger partial charge in [0, 0.05) is 35.9 Å². The maximum Gasteiger partial charge on any atom is 0.335 e. The standard InChI is InChI=1S/C31H23F5N4O4/c32-22-9-16(29(35)36)1-2-18(22)15-44-31-37-7-5-25(39-31)21-13-23(33)19(10-24(21)34)12-28-38-26-4-3-17(30(41)42)11-27(26)40(28)14-20-6-8-43-20/h1-5,7,9-11,13,20,29H,6,8,12,14-15H2,(H,41,42)/t20-/m0/s1. The van der Waals surface area contributed by atoms with Gasteiger partial charge in [-0.05, 0) is 54.4 Å². The van der Waals surface area contributed by atoms with Gasteiger partial charge in [0.1, 0.15) is 29.9 Å². The van der Waals surface area contributed by atoms with E-state index in [1.54, 1.807) is 10.6 Å². The minimum atomic E-state index is -2.82. The van der Waals surface area contributed by atoms with Gasteiger partial charge in [0.25, 0.3) is 6.43 Å². The molecule has 0 aliphatic carbocycles. The first kappa shape index (κ1) is 29.2. The van der Waals surface area contributed by atoms with Crippen LogP contribution in [0.4, 0.5) is 22.0 Å². The Hall–Kier alpha value is -4.91. The SMILES string of the molecule is O=C(O)c1ccc2nc(Cc3cc(F)c(-c4ccnc(OCc5ccc(C(F)F)cc5F)n4)cc3F)n(C[C@@H]3CCO3)c2c1. The van der Waals surface area contributed by atoms with E-state index in [0.717, 1.165) is 30.7 Å². The molecule has 1 aliphatic heterocycles. The lowest BCUT2D eigenvalue weighted by atomic mass is 10.0. The van der Waals surface area contributed by atoms with E-state index < -0.39 is 35.4 Å². The number of nitrogens with zero attached hydrogens (tertiary/aromatic N) is 4. The number of aromatic carboxylic acids is 1. The largest absolute Gasteiger partial charge is 0.478 e. The first-order chi connectivity index (χ1) is 21.2. The predicted molar refractivity (Wildman–Crippen MR) is 147 cm³/mol. The Balaban J connectivity index is 1.25. The highest BCUT2D eigenvalue weighted by Crippen LogP contribution is 2.29. The zero-order valence-electron chi connectivity index (χ0n) is 22.8. The smallest absolute Gasteiger partial charge is 0.335 e. The molecule has 1 atom stereocenters. The first-order valence-corrected chi connectivity index (χ1v) is 13.5. The van der Waals surface area contributed by atoms with E-state index in [2.05, 4.69) is 15.0 Å². The number of halogens is 5. The van der Waals surface area contributed by atoms with Crippen LogP contribution in [-0.4, -0.2) is 43.3 Å². The number of hydrogen-bond donors (Lipinski definition) is 1. The maximum absolute atomic E-state index is 15.4. The first-order valence-electron chi connectivity index (χ1n) is 13.5. The number of imidazole rings is 1. The summed E-state index contributed by atoms with van der Waals surface area (Å²) in [4.78, 5) is 24.1. The molecule has 1 aliphatic rings. The molecule has 6 rings (SSSR count). The second-order valence-electron chi connectivity index (χ2n) is 10.2. The fourth-order valence-corrected chi connectivity index (χ4v) is 4.89. The van der Waals surface area contributed by atoms with E-state index in [1.807, 2.05) is 0 Å². The molecule has 0 radical (unpaired) electrons. The molecule has 226 valence electrons. The number of alkyl halides is 2. The van der Waals surface area contributed by atoms with Gasteiger partial charge in [0.05, 0.1) is 34.9 Å². The lowest BCUT2D eigenvalue weighted by Crippen LogP contribution is -2.31. The molecule has 0 bridgehead atoms. The summed E-state index contributed by atoms with van der Waals surface area (Å²) in [5, 5.41) is 9.44. The minimum absolute atomic E-state index is 0.00189. The summed E-state index contributed by atoms with van der Waals surface area (Å²) >= 11 is 0. The number of rotatable bonds is 10. The van der Waals surface area contributed by atoms with Gasteiger partial charge in [-0.15, -0.1) is 0 Å². The Morgan fingerprint density at radius 3 is 2.50 bits per heavy atom. The highest BCUT2D eigenvalue weighted by molar-refractivity contribution is 5.92. The van der Waals surface area contributed by atoms with Crippen LogP contribution in [0.15, 0.2) is 60.8 Å². The van der Waals surface area contributed by atoms with Crippen LogP contribution in [0.3, 0.4) is 0 Å². The molecule has 13 heteroatoms. The lowest BCUT2D eigenvalue weighted by Gasteiger charge is -2.27. The van der Waals surface area contributed by atoms with E-state index in [9.17, 15) is 23.1 Å². The lowest BCUT2D eigenvalue weighted by molar-refractivity contribution is -0.0589. The highest BCUT2D eigenvalue weighted by atomic mass is 19.3. The van der Waals surface area contributed by atoms with E-state index in [-0.39, 0.29) is 53.1 Å². The third-order valence-electron chi connectivity index (χ3n) is 7.33. The van der Waals surface area contributed by atoms with Crippen molar-refractivity contribution >= 4 is 17.0 Å². The summed E-state index contributed by atoms with van der Waals surface area (Å²) in [5.41, 5.74) is 0.497. The number of carbonyl (C=O) groups is 1. The topological polar surface area (TPSA) is 99.4 Å². The summed E-state index contributed by atoms with van der Waals surface area (Å²) in [6.07, 6.45) is -0.946. The zero-order valence-corrected chi connectivity index (χ0v) is 22.8. The van der Waals surface area contributed by atoms with E-state index in [0.29, 0.717) is 36.1 Å². The summed E-state index contributed by atoms with van der Waals surface area (Å²) in [6, 6.07) is 10.6. The number of carboxylic acids is 1. The molecular weight excluding hydrogens is 587 g/mol. The summed E-state index contributed by atoms with van der Waals surface area (Å²) in [5.74, 6) is -3.08. The Kier molecular flexibility index (Phi) is 7.95. The van der Waals surface area contributed by atoms with E-state index in [4.69, 9.17) is 9.47 Å². The third kappa shape index (κ3) is 5.95. The average molecular weight is 611 g/mol. The Morgan fingerprint density at radius 1 is 1.00 bits per heavy atom. The van der Waals surface area contributed by atoms with Crippen molar-refractivity contribution in [2.45, 2.75) is 38.5 Å². The molecule has 2 aromatic heterocycles. The fourth-order valence-electron chi connectivity index (χ4n) is 4.89. The Bertz CT molecular complexity index is 1880. The molecule has 8 nitrogen and oxygen atoms in total.